The molecule has 2 heterocycles. The second-order valence-corrected chi connectivity index (χ2v) is 10.5. The Morgan fingerprint density at radius 2 is 1.97 bits per heavy atom. The number of oxazole rings is 1. The number of β-amino-alcohol motifs (C(OH)–C–C–N with tert-alkyl or cyclic N) is 1. The van der Waals surface area contributed by atoms with Crippen molar-refractivity contribution >= 4 is 29.5 Å². The van der Waals surface area contributed by atoms with Crippen LogP contribution < -0.4 is 10.6 Å². The average Bonchev–Trinajstić information content (AvgIpc) is 3.46. The SMILES string of the molecule is CSC[C@H](NC(=O)CCC(C)C)C(=O)N1C[C@H](O)C[C@H]1C(=O)NCc1ccc(-c2ocnc2C)cc1. The number of aromatic nitrogens is 1. The van der Waals surface area contributed by atoms with Crippen molar-refractivity contribution in [1.82, 2.24) is 20.5 Å². The largest absolute Gasteiger partial charge is 0.443 e. The summed E-state index contributed by atoms with van der Waals surface area (Å²) in [5.74, 6) is 0.630. The molecule has 0 radical (unpaired) electrons. The quantitative estimate of drug-likeness (QED) is 0.419. The molecule has 196 valence electrons. The molecule has 3 rings (SSSR count). The van der Waals surface area contributed by atoms with Gasteiger partial charge in [0.05, 0.1) is 11.8 Å². The highest BCUT2D eigenvalue weighted by Crippen LogP contribution is 2.23. The van der Waals surface area contributed by atoms with Gasteiger partial charge in [-0.25, -0.2) is 4.98 Å². The van der Waals surface area contributed by atoms with E-state index in [1.807, 2.05) is 51.3 Å². The minimum atomic E-state index is -0.791. The molecule has 0 bridgehead atoms. The molecule has 10 heteroatoms. The number of carbonyl (C=O) groups excluding carboxylic acids is 3. The van der Waals surface area contributed by atoms with Crippen molar-refractivity contribution in [3.8, 4) is 11.3 Å². The van der Waals surface area contributed by atoms with Crippen molar-refractivity contribution in [3.05, 3.63) is 41.9 Å². The van der Waals surface area contributed by atoms with Gasteiger partial charge < -0.3 is 25.1 Å². The second-order valence-electron chi connectivity index (χ2n) is 9.59. The monoisotopic (exact) mass is 516 g/mol. The highest BCUT2D eigenvalue weighted by molar-refractivity contribution is 7.98. The van der Waals surface area contributed by atoms with Crippen LogP contribution in [0.4, 0.5) is 0 Å². The molecule has 0 unspecified atom stereocenters. The van der Waals surface area contributed by atoms with E-state index in [9.17, 15) is 19.5 Å². The molecule has 2 aromatic rings. The highest BCUT2D eigenvalue weighted by Gasteiger charge is 2.41. The van der Waals surface area contributed by atoms with E-state index >= 15 is 0 Å². The molecule has 0 aliphatic carbocycles. The van der Waals surface area contributed by atoms with E-state index in [-0.39, 0.29) is 37.2 Å². The van der Waals surface area contributed by atoms with Crippen molar-refractivity contribution in [2.75, 3.05) is 18.6 Å². The maximum Gasteiger partial charge on any atom is 0.246 e. The van der Waals surface area contributed by atoms with E-state index in [1.165, 1.54) is 23.1 Å². The number of carbonyl (C=O) groups is 3. The number of nitrogens with zero attached hydrogens (tertiary/aromatic N) is 2. The lowest BCUT2D eigenvalue weighted by Gasteiger charge is -2.28. The first kappa shape index (κ1) is 27.7. The summed E-state index contributed by atoms with van der Waals surface area (Å²) >= 11 is 1.45. The van der Waals surface area contributed by atoms with E-state index < -0.39 is 18.2 Å². The Balaban J connectivity index is 1.61. The summed E-state index contributed by atoms with van der Waals surface area (Å²) in [6.45, 7) is 6.30. The van der Waals surface area contributed by atoms with Crippen LogP contribution in [0.3, 0.4) is 0 Å². The lowest BCUT2D eigenvalue weighted by molar-refractivity contribution is -0.141. The van der Waals surface area contributed by atoms with Gasteiger partial charge >= 0.3 is 0 Å². The smallest absolute Gasteiger partial charge is 0.246 e. The Morgan fingerprint density at radius 3 is 2.58 bits per heavy atom. The Hall–Kier alpha value is -2.85. The van der Waals surface area contributed by atoms with Crippen molar-refractivity contribution in [3.63, 3.8) is 0 Å². The summed E-state index contributed by atoms with van der Waals surface area (Å²) in [7, 11) is 0. The zero-order chi connectivity index (χ0) is 26.2. The summed E-state index contributed by atoms with van der Waals surface area (Å²) in [5.41, 5.74) is 2.58. The van der Waals surface area contributed by atoms with Gasteiger partial charge in [0, 0.05) is 37.2 Å². The summed E-state index contributed by atoms with van der Waals surface area (Å²) in [6, 6.07) is 6.06. The number of amides is 3. The van der Waals surface area contributed by atoms with E-state index in [1.54, 1.807) is 0 Å². The zero-order valence-corrected chi connectivity index (χ0v) is 22.1. The maximum absolute atomic E-state index is 13.3. The molecule has 1 saturated heterocycles. The number of thioether (sulfide) groups is 1. The van der Waals surface area contributed by atoms with E-state index in [2.05, 4.69) is 15.6 Å². The van der Waals surface area contributed by atoms with Crippen LogP contribution in [0, 0.1) is 12.8 Å². The Bertz CT molecular complexity index is 1040. The van der Waals surface area contributed by atoms with Gasteiger partial charge in [0.1, 0.15) is 12.1 Å². The number of hydrogen-bond donors (Lipinski definition) is 3. The van der Waals surface area contributed by atoms with Crippen molar-refractivity contribution in [2.24, 2.45) is 5.92 Å². The molecule has 0 saturated carbocycles. The van der Waals surface area contributed by atoms with Gasteiger partial charge in [0.25, 0.3) is 0 Å². The minimum absolute atomic E-state index is 0.0644. The standard InChI is InChI=1S/C26H36N4O5S/c1-16(2)5-10-23(32)29-21(14-36-4)26(34)30-13-20(31)11-22(30)25(33)27-12-18-6-8-19(9-7-18)24-17(3)28-15-35-24/h6-9,15-16,20-22,31H,5,10-14H2,1-4H3,(H,27,33)(H,29,32)/t20-,21+,22+/m1/s1. The van der Waals surface area contributed by atoms with Gasteiger partial charge in [-0.3, -0.25) is 14.4 Å². The minimum Gasteiger partial charge on any atom is -0.443 e. The molecule has 3 N–H and O–H groups in total. The molecule has 36 heavy (non-hydrogen) atoms. The van der Waals surface area contributed by atoms with Crippen molar-refractivity contribution < 1.29 is 23.9 Å². The fourth-order valence-corrected chi connectivity index (χ4v) is 4.75. The fraction of sp³-hybridized carbons (Fsp3) is 0.538. The number of benzene rings is 1. The second kappa shape index (κ2) is 12.9. The fourth-order valence-electron chi connectivity index (χ4n) is 4.19. The van der Waals surface area contributed by atoms with Crippen LogP contribution in [0.5, 0.6) is 0 Å². The molecule has 1 aromatic carbocycles. The number of aliphatic hydroxyl groups is 1. The predicted molar refractivity (Wildman–Crippen MR) is 139 cm³/mol. The van der Waals surface area contributed by atoms with Gasteiger partial charge in [-0.1, -0.05) is 38.1 Å². The molecule has 1 aliphatic rings. The zero-order valence-electron chi connectivity index (χ0n) is 21.3. The van der Waals surface area contributed by atoms with Gasteiger partial charge in [-0.15, -0.1) is 0 Å². The Kier molecular flexibility index (Phi) is 9.95. The van der Waals surface area contributed by atoms with Crippen LogP contribution in [-0.2, 0) is 20.9 Å². The van der Waals surface area contributed by atoms with E-state index in [0.29, 0.717) is 23.9 Å². The van der Waals surface area contributed by atoms with Gasteiger partial charge in [0.15, 0.2) is 12.2 Å². The summed E-state index contributed by atoms with van der Waals surface area (Å²) in [4.78, 5) is 44.2. The summed E-state index contributed by atoms with van der Waals surface area (Å²) in [5, 5.41) is 16.0. The van der Waals surface area contributed by atoms with Gasteiger partial charge in [-0.05, 0) is 31.1 Å². The van der Waals surface area contributed by atoms with Crippen LogP contribution in [0.25, 0.3) is 11.3 Å². The molecule has 0 spiro atoms. The normalized spacial score (nSPS) is 18.3. The number of rotatable bonds is 11. The third-order valence-corrected chi connectivity index (χ3v) is 6.88. The lowest BCUT2D eigenvalue weighted by atomic mass is 10.1. The highest BCUT2D eigenvalue weighted by atomic mass is 32.2. The first-order valence-electron chi connectivity index (χ1n) is 12.2. The summed E-state index contributed by atoms with van der Waals surface area (Å²) < 4.78 is 5.41. The third kappa shape index (κ3) is 7.33. The van der Waals surface area contributed by atoms with Crippen molar-refractivity contribution in [1.29, 1.82) is 0 Å². The molecular formula is C26H36N4O5S. The number of hydrogen-bond acceptors (Lipinski definition) is 7. The first-order chi connectivity index (χ1) is 17.2. The Morgan fingerprint density at radius 1 is 1.25 bits per heavy atom. The number of aliphatic hydroxyl groups excluding tert-OH is 1. The number of nitrogens with one attached hydrogen (secondary N) is 2. The topological polar surface area (TPSA) is 125 Å². The predicted octanol–water partition coefficient (Wildman–Crippen LogP) is 2.51. The van der Waals surface area contributed by atoms with Crippen LogP contribution in [0.1, 0.15) is 44.4 Å². The first-order valence-corrected chi connectivity index (χ1v) is 13.6. The molecule has 9 nitrogen and oxygen atoms in total. The molecule has 1 aliphatic heterocycles. The molecule has 3 amide bonds. The number of aryl methyl sites for hydroxylation is 1. The summed E-state index contributed by atoms with van der Waals surface area (Å²) in [6.07, 6.45) is 3.71. The van der Waals surface area contributed by atoms with E-state index in [0.717, 1.165) is 23.2 Å². The van der Waals surface area contributed by atoms with Gasteiger partial charge in [0.2, 0.25) is 17.7 Å². The molecule has 1 fully saturated rings. The van der Waals surface area contributed by atoms with Crippen LogP contribution in [0.15, 0.2) is 35.1 Å². The third-order valence-electron chi connectivity index (χ3n) is 6.21. The van der Waals surface area contributed by atoms with Crippen LogP contribution in [-0.4, -0.2) is 69.5 Å². The Labute approximate surface area is 216 Å². The lowest BCUT2D eigenvalue weighted by Crippen LogP contribution is -2.54. The van der Waals surface area contributed by atoms with E-state index in [4.69, 9.17) is 4.42 Å². The molecule has 3 atom stereocenters. The van der Waals surface area contributed by atoms with Crippen LogP contribution >= 0.6 is 11.8 Å². The van der Waals surface area contributed by atoms with Gasteiger partial charge in [-0.2, -0.15) is 11.8 Å². The van der Waals surface area contributed by atoms with Crippen molar-refractivity contribution in [2.45, 2.75) is 64.8 Å². The number of likely N-dealkylation sites (tertiary alicyclic amines) is 1. The average molecular weight is 517 g/mol. The van der Waals surface area contributed by atoms with Crippen LogP contribution in [0.2, 0.25) is 0 Å². The maximum atomic E-state index is 13.3. The molecular weight excluding hydrogens is 480 g/mol. The molecule has 1 aromatic heterocycles.